The standard InChI is InChI=1S/C18H31N3/c1-5-6-15-7-9-16(10-8-15)18(19-2)14-21-12-11-17(13-21)20(3)4/h7-10,17-19H,5-6,11-14H2,1-4H3. The van der Waals surface area contributed by atoms with Crippen molar-refractivity contribution in [2.24, 2.45) is 0 Å². The zero-order valence-electron chi connectivity index (χ0n) is 14.1. The molecule has 3 heteroatoms. The van der Waals surface area contributed by atoms with Crippen LogP contribution in [0.4, 0.5) is 0 Å². The van der Waals surface area contributed by atoms with Gasteiger partial charge in [-0.2, -0.15) is 0 Å². The maximum Gasteiger partial charge on any atom is 0.0446 e. The van der Waals surface area contributed by atoms with Crippen LogP contribution in [0.2, 0.25) is 0 Å². The zero-order valence-corrected chi connectivity index (χ0v) is 14.1. The van der Waals surface area contributed by atoms with Gasteiger partial charge >= 0.3 is 0 Å². The van der Waals surface area contributed by atoms with Gasteiger partial charge in [0.05, 0.1) is 0 Å². The van der Waals surface area contributed by atoms with E-state index in [0.717, 1.165) is 12.6 Å². The van der Waals surface area contributed by atoms with Crippen LogP contribution in [0.25, 0.3) is 0 Å². The number of nitrogens with one attached hydrogen (secondary N) is 1. The summed E-state index contributed by atoms with van der Waals surface area (Å²) >= 11 is 0. The summed E-state index contributed by atoms with van der Waals surface area (Å²) in [5, 5.41) is 3.49. The van der Waals surface area contributed by atoms with Crippen LogP contribution < -0.4 is 5.32 Å². The number of likely N-dealkylation sites (N-methyl/N-ethyl adjacent to an activating group) is 2. The average Bonchev–Trinajstić information content (AvgIpc) is 2.95. The molecule has 0 amide bonds. The van der Waals surface area contributed by atoms with Crippen LogP contribution in [0, 0.1) is 0 Å². The van der Waals surface area contributed by atoms with Crippen LogP contribution in [0.3, 0.4) is 0 Å². The highest BCUT2D eigenvalue weighted by molar-refractivity contribution is 5.25. The third-order valence-electron chi connectivity index (χ3n) is 4.69. The lowest BCUT2D eigenvalue weighted by Crippen LogP contribution is -2.35. The molecular weight excluding hydrogens is 258 g/mol. The maximum atomic E-state index is 3.49. The first-order valence-electron chi connectivity index (χ1n) is 8.29. The first-order chi connectivity index (χ1) is 10.1. The lowest BCUT2D eigenvalue weighted by molar-refractivity contribution is 0.253. The monoisotopic (exact) mass is 289 g/mol. The molecule has 1 aromatic carbocycles. The van der Waals surface area contributed by atoms with Crippen molar-refractivity contribution in [3.05, 3.63) is 35.4 Å². The predicted molar refractivity (Wildman–Crippen MR) is 90.8 cm³/mol. The number of nitrogens with zero attached hydrogens (tertiary/aromatic N) is 2. The van der Waals surface area contributed by atoms with Crippen molar-refractivity contribution < 1.29 is 0 Å². The third-order valence-corrected chi connectivity index (χ3v) is 4.69. The first kappa shape index (κ1) is 16.5. The van der Waals surface area contributed by atoms with Gasteiger partial charge in [0, 0.05) is 25.2 Å². The van der Waals surface area contributed by atoms with Crippen molar-refractivity contribution in [1.82, 2.24) is 15.1 Å². The Morgan fingerprint density at radius 2 is 2.00 bits per heavy atom. The SMILES string of the molecule is CCCc1ccc(C(CN2CCC(N(C)C)C2)NC)cc1. The number of benzene rings is 1. The van der Waals surface area contributed by atoms with E-state index in [-0.39, 0.29) is 0 Å². The minimum Gasteiger partial charge on any atom is -0.312 e. The van der Waals surface area contributed by atoms with Crippen LogP contribution in [0.5, 0.6) is 0 Å². The smallest absolute Gasteiger partial charge is 0.0446 e. The lowest BCUT2D eigenvalue weighted by Gasteiger charge is -2.25. The van der Waals surface area contributed by atoms with Crippen molar-refractivity contribution in [2.45, 2.75) is 38.3 Å². The van der Waals surface area contributed by atoms with Gasteiger partial charge in [-0.3, -0.25) is 4.90 Å². The zero-order chi connectivity index (χ0) is 15.2. The van der Waals surface area contributed by atoms with Crippen LogP contribution in [-0.2, 0) is 6.42 Å². The second-order valence-electron chi connectivity index (χ2n) is 6.50. The highest BCUT2D eigenvalue weighted by Gasteiger charge is 2.25. The lowest BCUT2D eigenvalue weighted by atomic mass is 10.0. The van der Waals surface area contributed by atoms with Gasteiger partial charge in [-0.1, -0.05) is 37.6 Å². The summed E-state index contributed by atoms with van der Waals surface area (Å²) in [7, 11) is 6.45. The largest absolute Gasteiger partial charge is 0.312 e. The van der Waals surface area contributed by atoms with E-state index >= 15 is 0 Å². The van der Waals surface area contributed by atoms with Gasteiger partial charge in [0.25, 0.3) is 0 Å². The highest BCUT2D eigenvalue weighted by Crippen LogP contribution is 2.20. The molecule has 1 heterocycles. The molecule has 0 bridgehead atoms. The summed E-state index contributed by atoms with van der Waals surface area (Å²) in [5.74, 6) is 0. The summed E-state index contributed by atoms with van der Waals surface area (Å²) in [5.41, 5.74) is 2.86. The summed E-state index contributed by atoms with van der Waals surface area (Å²) in [4.78, 5) is 4.94. The van der Waals surface area contributed by atoms with Gasteiger partial charge in [-0.15, -0.1) is 0 Å². The molecule has 0 spiro atoms. The van der Waals surface area contributed by atoms with Crippen molar-refractivity contribution in [3.8, 4) is 0 Å². The van der Waals surface area contributed by atoms with E-state index in [1.807, 2.05) is 0 Å². The van der Waals surface area contributed by atoms with E-state index < -0.39 is 0 Å². The van der Waals surface area contributed by atoms with E-state index in [0.29, 0.717) is 6.04 Å². The molecule has 0 saturated carbocycles. The van der Waals surface area contributed by atoms with Gasteiger partial charge in [0.15, 0.2) is 0 Å². The van der Waals surface area contributed by atoms with Gasteiger partial charge in [-0.25, -0.2) is 0 Å². The molecule has 2 atom stereocenters. The minimum absolute atomic E-state index is 0.432. The Morgan fingerprint density at radius 1 is 1.29 bits per heavy atom. The number of aryl methyl sites for hydroxylation is 1. The van der Waals surface area contributed by atoms with Crippen LogP contribution in [-0.4, -0.2) is 56.6 Å². The Balaban J connectivity index is 1.93. The van der Waals surface area contributed by atoms with Crippen molar-refractivity contribution in [2.75, 3.05) is 40.8 Å². The predicted octanol–water partition coefficient (Wildman–Crippen LogP) is 2.54. The Hall–Kier alpha value is -0.900. The van der Waals surface area contributed by atoms with E-state index in [2.05, 4.69) is 67.4 Å². The first-order valence-corrected chi connectivity index (χ1v) is 8.29. The van der Waals surface area contributed by atoms with E-state index in [4.69, 9.17) is 0 Å². The van der Waals surface area contributed by atoms with Gasteiger partial charge in [0.1, 0.15) is 0 Å². The molecule has 1 aromatic rings. The molecule has 3 nitrogen and oxygen atoms in total. The number of rotatable bonds is 7. The number of hydrogen-bond donors (Lipinski definition) is 1. The number of hydrogen-bond acceptors (Lipinski definition) is 3. The fourth-order valence-corrected chi connectivity index (χ4v) is 3.23. The molecule has 0 aliphatic carbocycles. The van der Waals surface area contributed by atoms with Crippen LogP contribution in [0.15, 0.2) is 24.3 Å². The third kappa shape index (κ3) is 4.53. The Bertz CT molecular complexity index is 413. The summed E-state index contributed by atoms with van der Waals surface area (Å²) < 4.78 is 0. The maximum absolute atomic E-state index is 3.49. The quantitative estimate of drug-likeness (QED) is 0.832. The van der Waals surface area contributed by atoms with E-state index in [1.54, 1.807) is 0 Å². The van der Waals surface area contributed by atoms with Gasteiger partial charge in [0.2, 0.25) is 0 Å². The normalized spacial score (nSPS) is 21.1. The highest BCUT2D eigenvalue weighted by atomic mass is 15.2. The molecule has 1 aliphatic rings. The molecule has 1 saturated heterocycles. The number of likely N-dealkylation sites (tertiary alicyclic amines) is 1. The molecule has 0 radical (unpaired) electrons. The topological polar surface area (TPSA) is 18.5 Å². The average molecular weight is 289 g/mol. The molecule has 2 unspecified atom stereocenters. The van der Waals surface area contributed by atoms with Crippen molar-refractivity contribution in [1.29, 1.82) is 0 Å². The van der Waals surface area contributed by atoms with E-state index in [9.17, 15) is 0 Å². The molecule has 21 heavy (non-hydrogen) atoms. The fraction of sp³-hybridized carbons (Fsp3) is 0.667. The van der Waals surface area contributed by atoms with Gasteiger partial charge < -0.3 is 10.2 Å². The Labute approximate surface area is 130 Å². The summed E-state index contributed by atoms with van der Waals surface area (Å²) in [6.07, 6.45) is 3.69. The fourth-order valence-electron chi connectivity index (χ4n) is 3.23. The minimum atomic E-state index is 0.432. The Morgan fingerprint density at radius 3 is 2.52 bits per heavy atom. The van der Waals surface area contributed by atoms with Crippen molar-refractivity contribution >= 4 is 0 Å². The van der Waals surface area contributed by atoms with Crippen LogP contribution in [0.1, 0.15) is 36.9 Å². The van der Waals surface area contributed by atoms with E-state index in [1.165, 1.54) is 43.5 Å². The molecule has 0 aromatic heterocycles. The van der Waals surface area contributed by atoms with Crippen LogP contribution >= 0.6 is 0 Å². The molecule has 2 rings (SSSR count). The molecule has 1 fully saturated rings. The summed E-state index contributed by atoms with van der Waals surface area (Å²) in [6.45, 7) is 5.75. The second-order valence-corrected chi connectivity index (χ2v) is 6.50. The second kappa shape index (κ2) is 7.92. The van der Waals surface area contributed by atoms with Crippen molar-refractivity contribution in [3.63, 3.8) is 0 Å². The Kier molecular flexibility index (Phi) is 6.22. The molecule has 118 valence electrons. The molecule has 1 aliphatic heterocycles. The molecular formula is C18H31N3. The van der Waals surface area contributed by atoms with Gasteiger partial charge in [-0.05, 0) is 51.7 Å². The molecule has 1 N–H and O–H groups in total. The summed E-state index contributed by atoms with van der Waals surface area (Å²) in [6, 6.07) is 10.3.